The highest BCUT2D eigenvalue weighted by molar-refractivity contribution is 5.95. The molecule has 0 saturated heterocycles. The fourth-order valence-electron chi connectivity index (χ4n) is 4.14. The number of aliphatic hydroxyl groups excluding tert-OH is 1. The number of carboxylic acids is 1. The molecule has 1 heterocycles. The van der Waals surface area contributed by atoms with Crippen molar-refractivity contribution in [3.05, 3.63) is 77.9 Å². The minimum absolute atomic E-state index is 0.00181. The summed E-state index contributed by atoms with van der Waals surface area (Å²) < 4.78 is 7.07. The first kappa shape index (κ1) is 24.0. The monoisotopic (exact) mass is 478 g/mol. The molecule has 1 aromatic heterocycles. The number of carbonyl (C=O) groups is 3. The van der Waals surface area contributed by atoms with E-state index in [0.717, 1.165) is 22.3 Å². The van der Waals surface area contributed by atoms with Crippen LogP contribution >= 0.6 is 0 Å². The van der Waals surface area contributed by atoms with Crippen molar-refractivity contribution >= 4 is 18.0 Å². The first-order valence-corrected chi connectivity index (χ1v) is 11.2. The summed E-state index contributed by atoms with van der Waals surface area (Å²) >= 11 is 0. The summed E-state index contributed by atoms with van der Waals surface area (Å²) in [6.45, 7) is 2.04. The van der Waals surface area contributed by atoms with Gasteiger partial charge in [-0.05, 0) is 29.2 Å². The number of hydrogen-bond donors (Lipinski definition) is 4. The number of aromatic nitrogens is 2. The molecule has 4 rings (SSSR count). The van der Waals surface area contributed by atoms with Crippen molar-refractivity contribution < 1.29 is 29.3 Å². The number of aliphatic carboxylic acids is 1. The van der Waals surface area contributed by atoms with Crippen LogP contribution in [0.4, 0.5) is 4.79 Å². The van der Waals surface area contributed by atoms with Crippen LogP contribution in [0.1, 0.15) is 34.5 Å². The molecular formula is C25H26N4O6. The Hall–Kier alpha value is -4.18. The fourth-order valence-corrected chi connectivity index (χ4v) is 4.14. The van der Waals surface area contributed by atoms with Gasteiger partial charge < -0.3 is 30.2 Å². The van der Waals surface area contributed by atoms with Gasteiger partial charge in [0, 0.05) is 25.2 Å². The van der Waals surface area contributed by atoms with Crippen LogP contribution < -0.4 is 10.6 Å². The number of hydrogen-bond acceptors (Lipinski definition) is 6. The predicted octanol–water partition coefficient (Wildman–Crippen LogP) is 1.99. The van der Waals surface area contributed by atoms with Crippen LogP contribution in [0, 0.1) is 0 Å². The summed E-state index contributed by atoms with van der Waals surface area (Å²) in [6.07, 6.45) is 1.01. The third-order valence-electron chi connectivity index (χ3n) is 5.88. The van der Waals surface area contributed by atoms with E-state index >= 15 is 0 Å². The molecule has 0 spiro atoms. The third kappa shape index (κ3) is 5.33. The van der Waals surface area contributed by atoms with Crippen molar-refractivity contribution in [1.82, 2.24) is 20.2 Å². The van der Waals surface area contributed by atoms with Gasteiger partial charge in [-0.1, -0.05) is 48.5 Å². The van der Waals surface area contributed by atoms with E-state index in [2.05, 4.69) is 27.8 Å². The highest BCUT2D eigenvalue weighted by atomic mass is 16.5. The highest BCUT2D eigenvalue weighted by Crippen LogP contribution is 2.44. The van der Waals surface area contributed by atoms with E-state index in [-0.39, 0.29) is 24.8 Å². The van der Waals surface area contributed by atoms with E-state index in [1.54, 1.807) is 4.57 Å². The molecule has 0 radical (unpaired) electrons. The Labute approximate surface area is 201 Å². The summed E-state index contributed by atoms with van der Waals surface area (Å²) in [7, 11) is 0. The van der Waals surface area contributed by atoms with Gasteiger partial charge in [0.25, 0.3) is 5.91 Å². The Morgan fingerprint density at radius 1 is 1.09 bits per heavy atom. The van der Waals surface area contributed by atoms with Crippen molar-refractivity contribution in [1.29, 1.82) is 0 Å². The van der Waals surface area contributed by atoms with Crippen LogP contribution in [0.25, 0.3) is 11.1 Å². The number of amides is 2. The average Bonchev–Trinajstić information content (AvgIpc) is 3.44. The molecule has 4 N–H and O–H groups in total. The van der Waals surface area contributed by atoms with Gasteiger partial charge in [0.05, 0.1) is 12.4 Å². The lowest BCUT2D eigenvalue weighted by Crippen LogP contribution is -2.47. The molecular weight excluding hydrogens is 452 g/mol. The SMILES string of the molecule is CC(O)C(NC(=O)c1cn(CCNC(=O)OCC2c3ccccc3-c3ccccc32)cn1)C(=O)O. The van der Waals surface area contributed by atoms with Crippen molar-refractivity contribution in [3.8, 4) is 11.1 Å². The van der Waals surface area contributed by atoms with Gasteiger partial charge in [0.1, 0.15) is 12.3 Å². The number of alkyl carbamates (subject to hydrolysis) is 1. The van der Waals surface area contributed by atoms with Gasteiger partial charge in [-0.2, -0.15) is 0 Å². The highest BCUT2D eigenvalue weighted by Gasteiger charge is 2.29. The lowest BCUT2D eigenvalue weighted by Gasteiger charge is -2.16. The van der Waals surface area contributed by atoms with Crippen molar-refractivity contribution in [2.45, 2.75) is 31.5 Å². The van der Waals surface area contributed by atoms with Gasteiger partial charge in [-0.15, -0.1) is 0 Å². The first-order chi connectivity index (χ1) is 16.8. The summed E-state index contributed by atoms with van der Waals surface area (Å²) in [5, 5.41) is 23.5. The van der Waals surface area contributed by atoms with E-state index in [0.29, 0.717) is 6.54 Å². The molecule has 10 nitrogen and oxygen atoms in total. The number of aliphatic hydroxyl groups is 1. The molecule has 1 aliphatic rings. The molecule has 2 aromatic carbocycles. The van der Waals surface area contributed by atoms with E-state index in [9.17, 15) is 19.5 Å². The summed E-state index contributed by atoms with van der Waals surface area (Å²) in [6, 6.07) is 14.7. The van der Waals surface area contributed by atoms with E-state index < -0.39 is 30.1 Å². The van der Waals surface area contributed by atoms with E-state index in [1.165, 1.54) is 19.4 Å². The van der Waals surface area contributed by atoms with Crippen LogP contribution in [0.5, 0.6) is 0 Å². The summed E-state index contributed by atoms with van der Waals surface area (Å²) in [4.78, 5) is 39.5. The number of rotatable bonds is 9. The predicted molar refractivity (Wildman–Crippen MR) is 126 cm³/mol. The zero-order valence-electron chi connectivity index (χ0n) is 19.0. The maximum Gasteiger partial charge on any atom is 0.407 e. The molecule has 2 unspecified atom stereocenters. The lowest BCUT2D eigenvalue weighted by atomic mass is 9.98. The van der Waals surface area contributed by atoms with Crippen LogP contribution in [0.15, 0.2) is 61.1 Å². The number of benzene rings is 2. The Kier molecular flexibility index (Phi) is 7.11. The number of nitrogens with one attached hydrogen (secondary N) is 2. The topological polar surface area (TPSA) is 143 Å². The van der Waals surface area contributed by atoms with Crippen molar-refractivity contribution in [2.75, 3.05) is 13.2 Å². The Morgan fingerprint density at radius 3 is 2.31 bits per heavy atom. The van der Waals surface area contributed by atoms with E-state index in [1.807, 2.05) is 36.4 Å². The van der Waals surface area contributed by atoms with Crippen molar-refractivity contribution in [2.24, 2.45) is 0 Å². The van der Waals surface area contributed by atoms with Gasteiger partial charge >= 0.3 is 12.1 Å². The van der Waals surface area contributed by atoms with Gasteiger partial charge in [-0.3, -0.25) is 4.79 Å². The smallest absolute Gasteiger partial charge is 0.407 e. The standard InChI is InChI=1S/C25H26N4O6/c1-15(30)22(24(32)33)28-23(31)21-12-29(14-27-21)11-10-26-25(34)35-13-20-18-8-4-2-6-16(18)17-7-3-5-9-19(17)20/h2-9,12,14-15,20,22,30H,10-11,13H2,1H3,(H,26,34)(H,28,31)(H,32,33). The second-order valence-corrected chi connectivity index (χ2v) is 8.28. The summed E-state index contributed by atoms with van der Waals surface area (Å²) in [5.74, 6) is -2.10. The molecule has 0 saturated carbocycles. The quantitative estimate of drug-likeness (QED) is 0.368. The second kappa shape index (κ2) is 10.4. The molecule has 0 bridgehead atoms. The van der Waals surface area contributed by atoms with Gasteiger partial charge in [0.15, 0.2) is 6.04 Å². The Bertz CT molecular complexity index is 1190. The number of imidazole rings is 1. The van der Waals surface area contributed by atoms with Crippen LogP contribution in [0.3, 0.4) is 0 Å². The van der Waals surface area contributed by atoms with Crippen LogP contribution in [-0.4, -0.2) is 63.0 Å². The maximum atomic E-state index is 12.3. The summed E-state index contributed by atoms with van der Waals surface area (Å²) in [5.41, 5.74) is 4.57. The third-order valence-corrected chi connectivity index (χ3v) is 5.88. The van der Waals surface area contributed by atoms with Gasteiger partial charge in [0.2, 0.25) is 0 Å². The Balaban J connectivity index is 1.26. The zero-order chi connectivity index (χ0) is 24.9. The van der Waals surface area contributed by atoms with E-state index in [4.69, 9.17) is 9.84 Å². The number of carbonyl (C=O) groups excluding carboxylic acids is 2. The minimum Gasteiger partial charge on any atom is -0.480 e. The lowest BCUT2D eigenvalue weighted by molar-refractivity contribution is -0.141. The van der Waals surface area contributed by atoms with Crippen LogP contribution in [0.2, 0.25) is 0 Å². The average molecular weight is 479 g/mol. The first-order valence-electron chi connectivity index (χ1n) is 11.2. The van der Waals surface area contributed by atoms with Gasteiger partial charge in [-0.25, -0.2) is 14.6 Å². The maximum absolute atomic E-state index is 12.3. The second-order valence-electron chi connectivity index (χ2n) is 8.28. The Morgan fingerprint density at radius 2 is 1.71 bits per heavy atom. The molecule has 182 valence electrons. The molecule has 1 aliphatic carbocycles. The number of ether oxygens (including phenoxy) is 1. The fraction of sp³-hybridized carbons (Fsp3) is 0.280. The van der Waals surface area contributed by atoms with Crippen molar-refractivity contribution in [3.63, 3.8) is 0 Å². The molecule has 35 heavy (non-hydrogen) atoms. The minimum atomic E-state index is -1.44. The normalized spacial score (nSPS) is 13.9. The largest absolute Gasteiger partial charge is 0.480 e. The zero-order valence-corrected chi connectivity index (χ0v) is 19.0. The molecule has 0 fully saturated rings. The number of fused-ring (bicyclic) bond motifs is 3. The molecule has 0 aliphatic heterocycles. The molecule has 3 aromatic rings. The number of nitrogens with zero attached hydrogens (tertiary/aromatic N) is 2. The molecule has 10 heteroatoms. The number of carboxylic acid groups (broad SMARTS) is 1. The van der Waals surface area contributed by atoms with Crippen LogP contribution in [-0.2, 0) is 16.1 Å². The molecule has 2 amide bonds. The molecule has 2 atom stereocenters.